The van der Waals surface area contributed by atoms with Crippen molar-refractivity contribution >= 4 is 0 Å². The molecule has 0 aromatic rings. The van der Waals surface area contributed by atoms with Crippen LogP contribution in [0.1, 0.15) is 27.2 Å². The number of hydrogen-bond donors (Lipinski definition) is 1. The lowest BCUT2D eigenvalue weighted by atomic mass is 9.87. The van der Waals surface area contributed by atoms with Gasteiger partial charge in [0, 0.05) is 19.8 Å². The van der Waals surface area contributed by atoms with Crippen LogP contribution in [0.3, 0.4) is 0 Å². The first-order chi connectivity index (χ1) is 5.09. The molecule has 0 aromatic heterocycles. The van der Waals surface area contributed by atoms with E-state index in [9.17, 15) is 0 Å². The predicted molar refractivity (Wildman–Crippen MR) is 48.5 cm³/mol. The Labute approximate surface area is 70.1 Å². The molecule has 2 heteroatoms. The Balaban J connectivity index is 3.70. The van der Waals surface area contributed by atoms with Crippen molar-refractivity contribution in [2.45, 2.75) is 33.2 Å². The van der Waals surface area contributed by atoms with Gasteiger partial charge < -0.3 is 10.5 Å². The maximum atomic E-state index is 5.82. The molecule has 0 radical (unpaired) electrons. The molecule has 2 unspecified atom stereocenters. The van der Waals surface area contributed by atoms with E-state index in [0.29, 0.717) is 11.8 Å². The van der Waals surface area contributed by atoms with Crippen LogP contribution >= 0.6 is 0 Å². The Kier molecular flexibility index (Phi) is 5.51. The minimum Gasteiger partial charge on any atom is -0.385 e. The lowest BCUT2D eigenvalue weighted by molar-refractivity contribution is 0.157. The van der Waals surface area contributed by atoms with E-state index in [0.717, 1.165) is 13.0 Å². The van der Waals surface area contributed by atoms with Crippen LogP contribution in [0.25, 0.3) is 0 Å². The Hall–Kier alpha value is -0.0800. The second-order valence-electron chi connectivity index (χ2n) is 3.55. The number of methoxy groups -OCH3 is 1. The second-order valence-corrected chi connectivity index (χ2v) is 3.55. The van der Waals surface area contributed by atoms with Crippen LogP contribution in [0, 0.1) is 11.8 Å². The van der Waals surface area contributed by atoms with Crippen molar-refractivity contribution in [3.05, 3.63) is 0 Å². The molecule has 68 valence electrons. The summed E-state index contributed by atoms with van der Waals surface area (Å²) in [5.74, 6) is 1.25. The van der Waals surface area contributed by atoms with Crippen LogP contribution in [-0.4, -0.2) is 19.8 Å². The highest BCUT2D eigenvalue weighted by Crippen LogP contribution is 2.17. The van der Waals surface area contributed by atoms with Crippen molar-refractivity contribution in [3.63, 3.8) is 0 Å². The molecule has 0 aliphatic carbocycles. The lowest BCUT2D eigenvalue weighted by Gasteiger charge is -2.23. The fraction of sp³-hybridized carbons (Fsp3) is 1.00. The molecular weight excluding hydrogens is 138 g/mol. The number of hydrogen-bond acceptors (Lipinski definition) is 2. The first-order valence-electron chi connectivity index (χ1n) is 4.34. The molecule has 0 bridgehead atoms. The SMILES string of the molecule is COCCC(C(C)C)C(C)N. The van der Waals surface area contributed by atoms with Gasteiger partial charge in [-0.2, -0.15) is 0 Å². The topological polar surface area (TPSA) is 35.2 Å². The van der Waals surface area contributed by atoms with Crippen LogP contribution in [0.4, 0.5) is 0 Å². The van der Waals surface area contributed by atoms with E-state index in [4.69, 9.17) is 10.5 Å². The van der Waals surface area contributed by atoms with Gasteiger partial charge in [0.15, 0.2) is 0 Å². The molecule has 2 nitrogen and oxygen atoms in total. The minimum atomic E-state index is 0.283. The van der Waals surface area contributed by atoms with Gasteiger partial charge in [-0.15, -0.1) is 0 Å². The Bertz CT molecular complexity index is 83.6. The molecule has 0 saturated carbocycles. The van der Waals surface area contributed by atoms with E-state index >= 15 is 0 Å². The monoisotopic (exact) mass is 159 g/mol. The second kappa shape index (κ2) is 5.56. The maximum absolute atomic E-state index is 5.82. The van der Waals surface area contributed by atoms with Crippen LogP contribution in [0.15, 0.2) is 0 Å². The Morgan fingerprint density at radius 3 is 2.09 bits per heavy atom. The summed E-state index contributed by atoms with van der Waals surface area (Å²) in [6, 6.07) is 0.283. The van der Waals surface area contributed by atoms with Gasteiger partial charge in [0.05, 0.1) is 0 Å². The number of nitrogens with two attached hydrogens (primary N) is 1. The average molecular weight is 159 g/mol. The van der Waals surface area contributed by atoms with Crippen molar-refractivity contribution in [3.8, 4) is 0 Å². The number of ether oxygens (including phenoxy) is 1. The normalized spacial score (nSPS) is 16.9. The van der Waals surface area contributed by atoms with Crippen molar-refractivity contribution in [2.24, 2.45) is 17.6 Å². The molecule has 0 heterocycles. The van der Waals surface area contributed by atoms with Gasteiger partial charge in [0.25, 0.3) is 0 Å². The quantitative estimate of drug-likeness (QED) is 0.662. The third-order valence-electron chi connectivity index (χ3n) is 2.19. The maximum Gasteiger partial charge on any atom is 0.0465 e. The summed E-state index contributed by atoms with van der Waals surface area (Å²) in [4.78, 5) is 0. The highest BCUT2D eigenvalue weighted by Gasteiger charge is 2.16. The van der Waals surface area contributed by atoms with Gasteiger partial charge in [-0.25, -0.2) is 0 Å². The molecule has 2 atom stereocenters. The minimum absolute atomic E-state index is 0.283. The molecule has 0 aromatic carbocycles. The van der Waals surface area contributed by atoms with Crippen LogP contribution in [0.5, 0.6) is 0 Å². The molecule has 0 rings (SSSR count). The highest BCUT2D eigenvalue weighted by atomic mass is 16.5. The number of rotatable bonds is 5. The zero-order valence-electron chi connectivity index (χ0n) is 8.13. The first-order valence-corrected chi connectivity index (χ1v) is 4.34. The van der Waals surface area contributed by atoms with Crippen LogP contribution in [0.2, 0.25) is 0 Å². The van der Waals surface area contributed by atoms with E-state index in [1.807, 2.05) is 0 Å². The largest absolute Gasteiger partial charge is 0.385 e. The van der Waals surface area contributed by atoms with Gasteiger partial charge in [0.2, 0.25) is 0 Å². The van der Waals surface area contributed by atoms with Gasteiger partial charge >= 0.3 is 0 Å². The molecule has 2 N–H and O–H groups in total. The predicted octanol–water partition coefficient (Wildman–Crippen LogP) is 1.64. The summed E-state index contributed by atoms with van der Waals surface area (Å²) >= 11 is 0. The average Bonchev–Trinajstić information content (AvgIpc) is 1.87. The van der Waals surface area contributed by atoms with E-state index in [-0.39, 0.29) is 6.04 Å². The molecule has 0 aliphatic heterocycles. The zero-order valence-corrected chi connectivity index (χ0v) is 8.13. The van der Waals surface area contributed by atoms with E-state index in [1.165, 1.54) is 0 Å². The third kappa shape index (κ3) is 4.38. The first kappa shape index (κ1) is 10.9. The third-order valence-corrected chi connectivity index (χ3v) is 2.19. The summed E-state index contributed by atoms with van der Waals surface area (Å²) in [7, 11) is 1.73. The summed E-state index contributed by atoms with van der Waals surface area (Å²) in [6.45, 7) is 7.32. The molecule has 11 heavy (non-hydrogen) atoms. The van der Waals surface area contributed by atoms with E-state index < -0.39 is 0 Å². The van der Waals surface area contributed by atoms with Crippen molar-refractivity contribution < 1.29 is 4.74 Å². The zero-order chi connectivity index (χ0) is 8.85. The lowest BCUT2D eigenvalue weighted by Crippen LogP contribution is -2.31. The van der Waals surface area contributed by atoms with Crippen molar-refractivity contribution in [2.75, 3.05) is 13.7 Å². The fourth-order valence-electron chi connectivity index (χ4n) is 1.46. The van der Waals surface area contributed by atoms with Crippen LogP contribution < -0.4 is 5.73 Å². The standard InChI is InChI=1S/C9H21NO/c1-7(2)9(8(3)10)5-6-11-4/h7-9H,5-6,10H2,1-4H3. The molecule has 0 aliphatic rings. The fourth-order valence-corrected chi connectivity index (χ4v) is 1.46. The van der Waals surface area contributed by atoms with Gasteiger partial charge in [0.1, 0.15) is 0 Å². The highest BCUT2D eigenvalue weighted by molar-refractivity contribution is 4.71. The summed E-state index contributed by atoms with van der Waals surface area (Å²) < 4.78 is 5.02. The molecule has 0 saturated heterocycles. The van der Waals surface area contributed by atoms with Crippen molar-refractivity contribution in [1.82, 2.24) is 0 Å². The van der Waals surface area contributed by atoms with E-state index in [2.05, 4.69) is 20.8 Å². The Morgan fingerprint density at radius 2 is 1.82 bits per heavy atom. The summed E-state index contributed by atoms with van der Waals surface area (Å²) in [6.07, 6.45) is 1.08. The Morgan fingerprint density at radius 1 is 1.27 bits per heavy atom. The molecule has 0 fully saturated rings. The van der Waals surface area contributed by atoms with Crippen LogP contribution in [-0.2, 0) is 4.74 Å². The van der Waals surface area contributed by atoms with E-state index in [1.54, 1.807) is 7.11 Å². The summed E-state index contributed by atoms with van der Waals surface area (Å²) in [5.41, 5.74) is 5.82. The van der Waals surface area contributed by atoms with Gasteiger partial charge in [-0.1, -0.05) is 13.8 Å². The van der Waals surface area contributed by atoms with Crippen molar-refractivity contribution in [1.29, 1.82) is 0 Å². The molecular formula is C9H21NO. The van der Waals surface area contributed by atoms with Gasteiger partial charge in [-0.3, -0.25) is 0 Å². The van der Waals surface area contributed by atoms with Gasteiger partial charge in [-0.05, 0) is 25.2 Å². The molecule has 0 spiro atoms. The summed E-state index contributed by atoms with van der Waals surface area (Å²) in [5, 5.41) is 0. The molecule has 0 amide bonds. The smallest absolute Gasteiger partial charge is 0.0465 e.